The van der Waals surface area contributed by atoms with Gasteiger partial charge in [0.15, 0.2) is 5.82 Å². The Morgan fingerprint density at radius 3 is 2.50 bits per heavy atom. The molecule has 0 aliphatic heterocycles. The van der Waals surface area contributed by atoms with Crippen molar-refractivity contribution in [2.75, 3.05) is 0 Å². The van der Waals surface area contributed by atoms with E-state index in [0.717, 1.165) is 16.1 Å². The van der Waals surface area contributed by atoms with Crippen LogP contribution < -0.4 is 10.3 Å². The number of nitrogens with one attached hydrogen (secondary N) is 1. The number of rotatable bonds is 4. The molecule has 0 spiro atoms. The van der Waals surface area contributed by atoms with Crippen LogP contribution in [-0.2, 0) is 12.8 Å². The largest absolute Gasteiger partial charge is 0.487 e. The molecule has 2 heterocycles. The average molecular weight is 386 g/mol. The molecule has 1 N–H and O–H groups in total. The van der Waals surface area contributed by atoms with Crippen molar-refractivity contribution in [2.45, 2.75) is 12.8 Å². The summed E-state index contributed by atoms with van der Waals surface area (Å²) in [7, 11) is 0. The van der Waals surface area contributed by atoms with Crippen LogP contribution in [0, 0.1) is 0 Å². The molecule has 0 aliphatic carbocycles. The Bertz CT molecular complexity index is 1180. The second-order valence-corrected chi connectivity index (χ2v) is 5.95. The second kappa shape index (κ2) is 6.84. The van der Waals surface area contributed by atoms with E-state index in [1.54, 1.807) is 12.1 Å². The standard InChI is InChI=1S/C19H13F3N4O2/c20-19(21,22)14-8-4-5-9-15(14)28-11-13-10-16(27)26-18(23-13)24-17(25-26)12-6-2-1-3-7-12/h1-10H,11H2,(H,23,24,25). The number of benzene rings is 2. The number of H-pyrrole nitrogens is 1. The number of halogens is 3. The molecule has 4 aromatic rings. The molecule has 0 fully saturated rings. The van der Waals surface area contributed by atoms with Crippen molar-refractivity contribution in [1.29, 1.82) is 0 Å². The molecule has 4 rings (SSSR count). The van der Waals surface area contributed by atoms with Gasteiger partial charge in [0.1, 0.15) is 12.4 Å². The molecule has 0 unspecified atom stereocenters. The van der Waals surface area contributed by atoms with Crippen LogP contribution in [0.15, 0.2) is 65.5 Å². The van der Waals surface area contributed by atoms with E-state index in [1.165, 1.54) is 24.3 Å². The van der Waals surface area contributed by atoms with Gasteiger partial charge in [-0.05, 0) is 12.1 Å². The van der Waals surface area contributed by atoms with E-state index < -0.39 is 17.3 Å². The maximum absolute atomic E-state index is 13.1. The van der Waals surface area contributed by atoms with Crippen LogP contribution in [0.1, 0.15) is 11.3 Å². The van der Waals surface area contributed by atoms with E-state index in [9.17, 15) is 18.0 Å². The number of nitrogens with zero attached hydrogens (tertiary/aromatic N) is 3. The number of fused-ring (bicyclic) bond motifs is 1. The van der Waals surface area contributed by atoms with Gasteiger partial charge in [0.2, 0.25) is 5.78 Å². The zero-order valence-corrected chi connectivity index (χ0v) is 14.3. The number of hydrogen-bond donors (Lipinski definition) is 1. The number of aromatic nitrogens is 4. The summed E-state index contributed by atoms with van der Waals surface area (Å²) in [6.07, 6.45) is -4.54. The summed E-state index contributed by atoms with van der Waals surface area (Å²) >= 11 is 0. The summed E-state index contributed by atoms with van der Waals surface area (Å²) in [5, 5.41) is 4.16. The Morgan fingerprint density at radius 1 is 1.04 bits per heavy atom. The smallest absolute Gasteiger partial charge is 0.419 e. The Labute approximate surface area is 156 Å². The van der Waals surface area contributed by atoms with Crippen molar-refractivity contribution < 1.29 is 17.9 Å². The minimum atomic E-state index is -4.54. The molecule has 2 aromatic carbocycles. The lowest BCUT2D eigenvalue weighted by atomic mass is 10.2. The topological polar surface area (TPSA) is 72.3 Å². The molecule has 0 atom stereocenters. The van der Waals surface area contributed by atoms with Crippen LogP contribution in [0.3, 0.4) is 0 Å². The Hall–Kier alpha value is -3.62. The van der Waals surface area contributed by atoms with Gasteiger partial charge >= 0.3 is 6.18 Å². The minimum Gasteiger partial charge on any atom is -0.487 e. The van der Waals surface area contributed by atoms with Gasteiger partial charge < -0.3 is 9.72 Å². The monoisotopic (exact) mass is 386 g/mol. The first-order valence-electron chi connectivity index (χ1n) is 8.25. The van der Waals surface area contributed by atoms with Crippen molar-refractivity contribution in [3.63, 3.8) is 0 Å². The third-order valence-corrected chi connectivity index (χ3v) is 3.99. The SMILES string of the molecule is O=c1cc(COc2ccccc2C(F)(F)F)[nH]c2nc(-c3ccccc3)nn12. The van der Waals surface area contributed by atoms with E-state index in [-0.39, 0.29) is 23.8 Å². The van der Waals surface area contributed by atoms with E-state index in [2.05, 4.69) is 15.1 Å². The molecule has 142 valence electrons. The quantitative estimate of drug-likeness (QED) is 0.581. The van der Waals surface area contributed by atoms with E-state index in [0.29, 0.717) is 5.82 Å². The van der Waals surface area contributed by atoms with Gasteiger partial charge in [0.25, 0.3) is 5.56 Å². The maximum Gasteiger partial charge on any atom is 0.419 e. The van der Waals surface area contributed by atoms with Gasteiger partial charge in [-0.1, -0.05) is 42.5 Å². The first kappa shape index (κ1) is 17.8. The molecule has 6 nitrogen and oxygen atoms in total. The fourth-order valence-corrected chi connectivity index (χ4v) is 2.71. The van der Waals surface area contributed by atoms with E-state index in [1.807, 2.05) is 18.2 Å². The molecule has 2 aromatic heterocycles. The molecular weight excluding hydrogens is 373 g/mol. The average Bonchev–Trinajstić information content (AvgIpc) is 3.11. The summed E-state index contributed by atoms with van der Waals surface area (Å²) in [6.45, 7) is -0.258. The molecular formula is C19H13F3N4O2. The highest BCUT2D eigenvalue weighted by Gasteiger charge is 2.34. The molecule has 0 saturated heterocycles. The molecule has 0 radical (unpaired) electrons. The van der Waals surface area contributed by atoms with Crippen LogP contribution >= 0.6 is 0 Å². The third kappa shape index (κ3) is 3.46. The van der Waals surface area contributed by atoms with Crippen LogP contribution in [0.25, 0.3) is 17.2 Å². The van der Waals surface area contributed by atoms with Crippen LogP contribution in [0.2, 0.25) is 0 Å². The number of hydrogen-bond acceptors (Lipinski definition) is 4. The van der Waals surface area contributed by atoms with Crippen molar-refractivity contribution in [2.24, 2.45) is 0 Å². The van der Waals surface area contributed by atoms with Gasteiger partial charge in [-0.2, -0.15) is 22.7 Å². The highest BCUT2D eigenvalue weighted by Crippen LogP contribution is 2.36. The summed E-state index contributed by atoms with van der Waals surface area (Å²) in [4.78, 5) is 19.4. The number of alkyl halides is 3. The summed E-state index contributed by atoms with van der Waals surface area (Å²) in [5.74, 6) is 0.214. The predicted octanol–water partition coefficient (Wildman–Crippen LogP) is 3.68. The first-order valence-corrected chi connectivity index (χ1v) is 8.25. The molecule has 0 bridgehead atoms. The van der Waals surface area contributed by atoms with Gasteiger partial charge in [0.05, 0.1) is 11.3 Å². The Morgan fingerprint density at radius 2 is 1.75 bits per heavy atom. The summed E-state index contributed by atoms with van der Waals surface area (Å²) in [6, 6.07) is 15.2. The number of para-hydroxylation sites is 1. The normalized spacial score (nSPS) is 11.7. The lowest BCUT2D eigenvalue weighted by molar-refractivity contribution is -0.139. The summed E-state index contributed by atoms with van der Waals surface area (Å²) < 4.78 is 45.5. The van der Waals surface area contributed by atoms with Crippen molar-refractivity contribution in [3.8, 4) is 17.1 Å². The molecule has 9 heteroatoms. The van der Waals surface area contributed by atoms with Crippen molar-refractivity contribution >= 4 is 5.78 Å². The first-order chi connectivity index (χ1) is 13.4. The molecule has 0 amide bonds. The van der Waals surface area contributed by atoms with Gasteiger partial charge in [-0.3, -0.25) is 4.79 Å². The third-order valence-electron chi connectivity index (χ3n) is 3.99. The zero-order chi connectivity index (χ0) is 19.7. The fraction of sp³-hybridized carbons (Fsp3) is 0.105. The zero-order valence-electron chi connectivity index (χ0n) is 14.3. The van der Waals surface area contributed by atoms with Crippen LogP contribution in [-0.4, -0.2) is 19.6 Å². The highest BCUT2D eigenvalue weighted by atomic mass is 19.4. The van der Waals surface area contributed by atoms with E-state index >= 15 is 0 Å². The summed E-state index contributed by atoms with van der Waals surface area (Å²) in [5.41, 5.74) is -0.337. The molecule has 0 saturated carbocycles. The van der Waals surface area contributed by atoms with E-state index in [4.69, 9.17) is 4.74 Å². The number of ether oxygens (including phenoxy) is 1. The van der Waals surface area contributed by atoms with Gasteiger partial charge in [-0.25, -0.2) is 0 Å². The Balaban J connectivity index is 1.63. The highest BCUT2D eigenvalue weighted by molar-refractivity contribution is 5.56. The Kier molecular flexibility index (Phi) is 4.34. The van der Waals surface area contributed by atoms with Crippen LogP contribution in [0.4, 0.5) is 13.2 Å². The second-order valence-electron chi connectivity index (χ2n) is 5.95. The minimum absolute atomic E-state index is 0.175. The molecule has 28 heavy (non-hydrogen) atoms. The molecule has 0 aliphatic rings. The predicted molar refractivity (Wildman–Crippen MR) is 94.8 cm³/mol. The lowest BCUT2D eigenvalue weighted by Crippen LogP contribution is -2.17. The van der Waals surface area contributed by atoms with Crippen molar-refractivity contribution in [3.05, 3.63) is 82.3 Å². The number of aromatic amines is 1. The van der Waals surface area contributed by atoms with Crippen molar-refractivity contribution in [1.82, 2.24) is 19.6 Å². The maximum atomic E-state index is 13.1. The van der Waals surface area contributed by atoms with Gasteiger partial charge in [-0.15, -0.1) is 5.10 Å². The van der Waals surface area contributed by atoms with Gasteiger partial charge in [0, 0.05) is 11.6 Å². The fourth-order valence-electron chi connectivity index (χ4n) is 2.71. The van der Waals surface area contributed by atoms with Crippen LogP contribution in [0.5, 0.6) is 5.75 Å². The lowest BCUT2D eigenvalue weighted by Gasteiger charge is -2.13.